The third-order valence-corrected chi connectivity index (χ3v) is 3.19. The number of hydrogen-bond acceptors (Lipinski definition) is 3. The zero-order chi connectivity index (χ0) is 15.5. The highest BCUT2D eigenvalue weighted by atomic mass is 35.5. The highest BCUT2D eigenvalue weighted by Crippen LogP contribution is 2.28. The van der Waals surface area contributed by atoms with Gasteiger partial charge in [0.2, 0.25) is 0 Å². The minimum absolute atomic E-state index is 0.335. The molecule has 4 nitrogen and oxygen atoms in total. The van der Waals surface area contributed by atoms with Crippen LogP contribution in [0.25, 0.3) is 0 Å². The summed E-state index contributed by atoms with van der Waals surface area (Å²) in [6.07, 6.45) is -0.574. The van der Waals surface area contributed by atoms with Crippen molar-refractivity contribution < 1.29 is 9.53 Å². The van der Waals surface area contributed by atoms with Crippen LogP contribution in [-0.2, 0) is 4.74 Å². The first-order chi connectivity index (χ1) is 9.15. The fourth-order valence-corrected chi connectivity index (χ4v) is 1.81. The summed E-state index contributed by atoms with van der Waals surface area (Å²) in [5.41, 5.74) is -0.0431. The van der Waals surface area contributed by atoms with Crippen LogP contribution < -0.4 is 0 Å². The number of amides is 1. The van der Waals surface area contributed by atoms with Crippen molar-refractivity contribution in [2.24, 2.45) is 0 Å². The molecule has 0 saturated heterocycles. The molecular formula is C14H16Cl2N2O2. The molecule has 20 heavy (non-hydrogen) atoms. The van der Waals surface area contributed by atoms with E-state index in [1.165, 1.54) is 11.9 Å². The first kappa shape index (κ1) is 16.6. The Bertz CT molecular complexity index is 547. The van der Waals surface area contributed by atoms with Crippen LogP contribution in [0.3, 0.4) is 0 Å². The second-order valence-electron chi connectivity index (χ2n) is 5.30. The van der Waals surface area contributed by atoms with E-state index in [1.54, 1.807) is 39.0 Å². The van der Waals surface area contributed by atoms with E-state index in [2.05, 4.69) is 6.07 Å². The van der Waals surface area contributed by atoms with E-state index in [0.29, 0.717) is 15.6 Å². The van der Waals surface area contributed by atoms with Gasteiger partial charge in [-0.05, 0) is 38.5 Å². The largest absolute Gasteiger partial charge is 0.444 e. The second-order valence-corrected chi connectivity index (χ2v) is 6.11. The smallest absolute Gasteiger partial charge is 0.411 e. The van der Waals surface area contributed by atoms with Crippen LogP contribution in [0.15, 0.2) is 18.2 Å². The topological polar surface area (TPSA) is 53.3 Å². The molecule has 1 unspecified atom stereocenters. The Morgan fingerprint density at radius 1 is 1.35 bits per heavy atom. The Kier molecular flexibility index (Phi) is 5.27. The van der Waals surface area contributed by atoms with Gasteiger partial charge in [-0.15, -0.1) is 0 Å². The van der Waals surface area contributed by atoms with E-state index in [-0.39, 0.29) is 0 Å². The van der Waals surface area contributed by atoms with Gasteiger partial charge in [0.25, 0.3) is 0 Å². The van der Waals surface area contributed by atoms with E-state index in [1.807, 2.05) is 0 Å². The Balaban J connectivity index is 2.98. The third-order valence-electron chi connectivity index (χ3n) is 2.45. The fourth-order valence-electron chi connectivity index (χ4n) is 1.51. The maximum Gasteiger partial charge on any atom is 0.411 e. The van der Waals surface area contributed by atoms with Crippen LogP contribution >= 0.6 is 23.2 Å². The van der Waals surface area contributed by atoms with Crippen LogP contribution in [-0.4, -0.2) is 23.6 Å². The van der Waals surface area contributed by atoms with Gasteiger partial charge in [0.05, 0.1) is 16.1 Å². The number of carbonyl (C=O) groups is 1. The predicted octanol–water partition coefficient (Wildman–Crippen LogP) is 4.42. The van der Waals surface area contributed by atoms with Gasteiger partial charge in [-0.25, -0.2) is 4.79 Å². The van der Waals surface area contributed by atoms with Gasteiger partial charge in [-0.2, -0.15) is 5.26 Å². The SMILES string of the molecule is CN(C(=O)OC(C)(C)C)C(C#N)c1ccc(Cl)c(Cl)c1. The number of ether oxygens (including phenoxy) is 1. The number of hydrogen-bond donors (Lipinski definition) is 0. The third kappa shape index (κ3) is 4.29. The Morgan fingerprint density at radius 2 is 1.95 bits per heavy atom. The van der Waals surface area contributed by atoms with Crippen LogP contribution in [0.1, 0.15) is 32.4 Å². The number of nitrogens with zero attached hydrogens (tertiary/aromatic N) is 2. The molecule has 0 aromatic heterocycles. The van der Waals surface area contributed by atoms with Gasteiger partial charge in [0.1, 0.15) is 11.6 Å². The van der Waals surface area contributed by atoms with Crippen LogP contribution in [0, 0.1) is 11.3 Å². The minimum atomic E-state index is -0.792. The number of nitriles is 1. The standard InChI is InChI=1S/C14H16Cl2N2O2/c1-14(2,3)20-13(19)18(4)12(8-17)9-5-6-10(15)11(16)7-9/h5-7,12H,1-4H3. The van der Waals surface area contributed by atoms with Gasteiger partial charge in [0, 0.05) is 7.05 Å². The summed E-state index contributed by atoms with van der Waals surface area (Å²) in [5.74, 6) is 0. The highest BCUT2D eigenvalue weighted by molar-refractivity contribution is 6.42. The van der Waals surface area contributed by atoms with Crippen molar-refractivity contribution in [3.8, 4) is 6.07 Å². The summed E-state index contributed by atoms with van der Waals surface area (Å²) in [4.78, 5) is 13.2. The fraction of sp³-hybridized carbons (Fsp3) is 0.429. The molecule has 0 spiro atoms. The predicted molar refractivity (Wildman–Crippen MR) is 78.8 cm³/mol. The van der Waals surface area contributed by atoms with Gasteiger partial charge in [0.15, 0.2) is 0 Å². The quantitative estimate of drug-likeness (QED) is 0.811. The van der Waals surface area contributed by atoms with Crippen LogP contribution in [0.2, 0.25) is 10.0 Å². The summed E-state index contributed by atoms with van der Waals surface area (Å²) >= 11 is 11.8. The van der Waals surface area contributed by atoms with Gasteiger partial charge < -0.3 is 4.74 Å². The molecule has 1 aromatic rings. The maximum absolute atomic E-state index is 12.0. The molecule has 0 aliphatic heterocycles. The lowest BCUT2D eigenvalue weighted by Gasteiger charge is -2.27. The molecular weight excluding hydrogens is 299 g/mol. The van der Waals surface area contributed by atoms with Crippen molar-refractivity contribution in [2.75, 3.05) is 7.05 Å². The average molecular weight is 315 g/mol. The molecule has 0 aliphatic rings. The molecule has 1 rings (SSSR count). The summed E-state index contributed by atoms with van der Waals surface area (Å²) in [7, 11) is 1.50. The van der Waals surface area contributed by atoms with Crippen LogP contribution in [0.4, 0.5) is 4.79 Å². The van der Waals surface area contributed by atoms with Crippen molar-refractivity contribution >= 4 is 29.3 Å². The molecule has 0 saturated carbocycles. The highest BCUT2D eigenvalue weighted by Gasteiger charge is 2.26. The van der Waals surface area contributed by atoms with Crippen molar-refractivity contribution in [3.63, 3.8) is 0 Å². The lowest BCUT2D eigenvalue weighted by molar-refractivity contribution is 0.0258. The van der Waals surface area contributed by atoms with Crippen molar-refractivity contribution in [1.82, 2.24) is 4.90 Å². The second kappa shape index (κ2) is 6.34. The number of benzene rings is 1. The first-order valence-electron chi connectivity index (χ1n) is 5.96. The van der Waals surface area contributed by atoms with Crippen molar-refractivity contribution in [2.45, 2.75) is 32.4 Å². The van der Waals surface area contributed by atoms with Gasteiger partial charge >= 0.3 is 6.09 Å². The van der Waals surface area contributed by atoms with Crippen molar-refractivity contribution in [1.29, 1.82) is 5.26 Å². The van der Waals surface area contributed by atoms with E-state index >= 15 is 0 Å². The Labute approximate surface area is 128 Å². The van der Waals surface area contributed by atoms with E-state index in [0.717, 1.165) is 0 Å². The monoisotopic (exact) mass is 314 g/mol. The van der Waals surface area contributed by atoms with E-state index in [9.17, 15) is 10.1 Å². The molecule has 1 amide bonds. The summed E-state index contributed by atoms with van der Waals surface area (Å²) in [6.45, 7) is 5.29. The molecule has 108 valence electrons. The van der Waals surface area contributed by atoms with E-state index < -0.39 is 17.7 Å². The van der Waals surface area contributed by atoms with E-state index in [4.69, 9.17) is 27.9 Å². The molecule has 0 N–H and O–H groups in total. The number of halogens is 2. The first-order valence-corrected chi connectivity index (χ1v) is 6.71. The normalized spacial score (nSPS) is 12.4. The molecule has 1 aromatic carbocycles. The minimum Gasteiger partial charge on any atom is -0.444 e. The molecule has 0 fully saturated rings. The summed E-state index contributed by atoms with van der Waals surface area (Å²) in [5, 5.41) is 10.0. The molecule has 1 atom stereocenters. The molecule has 6 heteroatoms. The number of carbonyl (C=O) groups excluding carboxylic acids is 1. The van der Waals surface area contributed by atoms with Crippen molar-refractivity contribution in [3.05, 3.63) is 33.8 Å². The van der Waals surface area contributed by atoms with Crippen LogP contribution in [0.5, 0.6) is 0 Å². The molecule has 0 radical (unpaired) electrons. The van der Waals surface area contributed by atoms with Gasteiger partial charge in [-0.1, -0.05) is 29.3 Å². The average Bonchev–Trinajstić information content (AvgIpc) is 2.32. The Morgan fingerprint density at radius 3 is 2.40 bits per heavy atom. The zero-order valence-corrected chi connectivity index (χ0v) is 13.3. The molecule has 0 aliphatic carbocycles. The lowest BCUT2D eigenvalue weighted by atomic mass is 10.1. The van der Waals surface area contributed by atoms with Gasteiger partial charge in [-0.3, -0.25) is 4.90 Å². The maximum atomic E-state index is 12.0. The molecule has 0 bridgehead atoms. The summed E-state index contributed by atoms with van der Waals surface area (Å²) in [6, 6.07) is 6.08. The number of rotatable bonds is 2. The zero-order valence-electron chi connectivity index (χ0n) is 11.8. The lowest BCUT2D eigenvalue weighted by Crippen LogP contribution is -2.36. The summed E-state index contributed by atoms with van der Waals surface area (Å²) < 4.78 is 5.23. The Hall–Kier alpha value is -1.44. The molecule has 0 heterocycles.